The van der Waals surface area contributed by atoms with Gasteiger partial charge in [-0.05, 0) is 76.1 Å². The fourth-order valence-corrected chi connectivity index (χ4v) is 5.45. The molecule has 0 aliphatic rings. The van der Waals surface area contributed by atoms with Gasteiger partial charge in [-0.3, -0.25) is 9.36 Å². The summed E-state index contributed by atoms with van der Waals surface area (Å²) in [6.45, 7) is 9.85. The second-order valence-corrected chi connectivity index (χ2v) is 10.2. The third-order valence-corrected chi connectivity index (χ3v) is 7.25. The van der Waals surface area contributed by atoms with Crippen LogP contribution in [-0.4, -0.2) is 25.6 Å². The van der Waals surface area contributed by atoms with E-state index in [2.05, 4.69) is 4.72 Å². The van der Waals surface area contributed by atoms with Crippen LogP contribution in [0.15, 0.2) is 46.1 Å². The molecule has 0 bridgehead atoms. The van der Waals surface area contributed by atoms with E-state index in [1.54, 1.807) is 23.6 Å². The monoisotopic (exact) mass is 434 g/mol. The van der Waals surface area contributed by atoms with Gasteiger partial charge in [-0.15, -0.1) is 0 Å². The van der Waals surface area contributed by atoms with E-state index in [1.807, 2.05) is 45.9 Å². The smallest absolute Gasteiger partial charge is 0.308 e. The molecule has 1 aromatic heterocycles. The minimum absolute atomic E-state index is 0.0133. The van der Waals surface area contributed by atoms with Crippen LogP contribution in [0.4, 0.5) is 0 Å². The van der Waals surface area contributed by atoms with Crippen LogP contribution in [0.3, 0.4) is 0 Å². The molecular formula is C21H26N2O4S2. The van der Waals surface area contributed by atoms with Crippen molar-refractivity contribution >= 4 is 31.6 Å². The van der Waals surface area contributed by atoms with Gasteiger partial charge in [0.15, 0.2) is 0 Å². The van der Waals surface area contributed by atoms with Crippen molar-refractivity contribution in [1.82, 2.24) is 9.29 Å². The summed E-state index contributed by atoms with van der Waals surface area (Å²) >= 11 is 1.06. The molecule has 3 rings (SSSR count). The maximum Gasteiger partial charge on any atom is 0.308 e. The Morgan fingerprint density at radius 2 is 1.79 bits per heavy atom. The molecule has 3 aromatic rings. The van der Waals surface area contributed by atoms with Crippen molar-refractivity contribution in [2.24, 2.45) is 0 Å². The zero-order chi connectivity index (χ0) is 21.3. The van der Waals surface area contributed by atoms with E-state index < -0.39 is 16.1 Å². The summed E-state index contributed by atoms with van der Waals surface area (Å²) in [5, 5.41) is 0. The normalized spacial score (nSPS) is 13.2. The minimum Gasteiger partial charge on any atom is -0.492 e. The molecule has 2 aromatic carbocycles. The molecule has 0 radical (unpaired) electrons. The van der Waals surface area contributed by atoms with E-state index in [4.69, 9.17) is 4.74 Å². The molecule has 1 atom stereocenters. The van der Waals surface area contributed by atoms with Crippen LogP contribution in [-0.2, 0) is 10.0 Å². The summed E-state index contributed by atoms with van der Waals surface area (Å²) in [6.07, 6.45) is 0. The van der Waals surface area contributed by atoms with Crippen molar-refractivity contribution in [3.63, 3.8) is 0 Å². The number of aromatic nitrogens is 1. The highest BCUT2D eigenvalue weighted by Crippen LogP contribution is 2.24. The first-order valence-electron chi connectivity index (χ1n) is 9.46. The van der Waals surface area contributed by atoms with Gasteiger partial charge >= 0.3 is 4.87 Å². The molecule has 0 amide bonds. The molecule has 156 valence electrons. The topological polar surface area (TPSA) is 77.4 Å². The number of thiazole rings is 1. The predicted molar refractivity (Wildman–Crippen MR) is 118 cm³/mol. The van der Waals surface area contributed by atoms with Crippen molar-refractivity contribution < 1.29 is 13.2 Å². The molecule has 0 spiro atoms. The molecule has 0 aliphatic carbocycles. The first-order valence-corrected chi connectivity index (χ1v) is 11.8. The molecule has 1 heterocycles. The fourth-order valence-electron chi connectivity index (χ4n) is 3.06. The standard InChI is InChI=1S/C21H26N2O4S2/c1-13(2)23-19-9-8-18(11-20(19)28-21(23)24)29(25,26)22-16(5)12-27-17-7-6-14(3)15(4)10-17/h6-11,13,16,22H,12H2,1-5H3/t16-/m0/s1. The van der Waals surface area contributed by atoms with Crippen molar-refractivity contribution in [2.45, 2.75) is 51.6 Å². The third kappa shape index (κ3) is 4.71. The summed E-state index contributed by atoms with van der Waals surface area (Å²) < 4.78 is 36.3. The number of hydrogen-bond acceptors (Lipinski definition) is 5. The van der Waals surface area contributed by atoms with Gasteiger partial charge in [0.1, 0.15) is 12.4 Å². The summed E-state index contributed by atoms with van der Waals surface area (Å²) in [7, 11) is -3.73. The second-order valence-electron chi connectivity index (χ2n) is 7.54. The summed E-state index contributed by atoms with van der Waals surface area (Å²) in [6, 6.07) is 10.2. The lowest BCUT2D eigenvalue weighted by molar-refractivity contribution is 0.287. The summed E-state index contributed by atoms with van der Waals surface area (Å²) in [4.78, 5) is 12.2. The van der Waals surface area contributed by atoms with Gasteiger partial charge in [-0.25, -0.2) is 13.1 Å². The van der Waals surface area contributed by atoms with Gasteiger partial charge in [0.2, 0.25) is 10.0 Å². The molecule has 0 aliphatic heterocycles. The molecule has 0 unspecified atom stereocenters. The van der Waals surface area contributed by atoms with Crippen LogP contribution in [0.5, 0.6) is 5.75 Å². The SMILES string of the molecule is Cc1ccc(OC[C@H](C)NS(=O)(=O)c2ccc3c(c2)sc(=O)n3C(C)C)cc1C. The van der Waals surface area contributed by atoms with Crippen LogP contribution >= 0.6 is 11.3 Å². The number of rotatable bonds is 7. The van der Waals surface area contributed by atoms with Crippen LogP contribution in [0, 0.1) is 13.8 Å². The van der Waals surface area contributed by atoms with Crippen molar-refractivity contribution in [2.75, 3.05) is 6.61 Å². The first kappa shape index (κ1) is 21.5. The Labute approximate surface area is 175 Å². The number of nitrogens with zero attached hydrogens (tertiary/aromatic N) is 1. The van der Waals surface area contributed by atoms with Crippen LogP contribution < -0.4 is 14.3 Å². The average molecular weight is 435 g/mol. The molecule has 0 fully saturated rings. The van der Waals surface area contributed by atoms with E-state index in [-0.39, 0.29) is 22.4 Å². The number of ether oxygens (including phenoxy) is 1. The minimum atomic E-state index is -3.73. The summed E-state index contributed by atoms with van der Waals surface area (Å²) in [5.41, 5.74) is 3.05. The molecular weight excluding hydrogens is 408 g/mol. The molecule has 29 heavy (non-hydrogen) atoms. The Morgan fingerprint density at radius 3 is 2.45 bits per heavy atom. The van der Waals surface area contributed by atoms with Crippen LogP contribution in [0.25, 0.3) is 10.2 Å². The Kier molecular flexibility index (Phi) is 6.16. The Bertz CT molecular complexity index is 1190. The third-order valence-electron chi connectivity index (χ3n) is 4.75. The van der Waals surface area contributed by atoms with Gasteiger partial charge in [0, 0.05) is 6.04 Å². The van der Waals surface area contributed by atoms with Crippen molar-refractivity contribution in [1.29, 1.82) is 0 Å². The number of fused-ring (bicyclic) bond motifs is 1. The Balaban J connectivity index is 1.74. The Hall–Kier alpha value is -2.16. The molecule has 0 saturated carbocycles. The second kappa shape index (κ2) is 8.30. The van der Waals surface area contributed by atoms with E-state index in [1.165, 1.54) is 11.6 Å². The van der Waals surface area contributed by atoms with Gasteiger partial charge in [0.25, 0.3) is 0 Å². The fraction of sp³-hybridized carbons (Fsp3) is 0.381. The highest BCUT2D eigenvalue weighted by molar-refractivity contribution is 7.89. The van der Waals surface area contributed by atoms with E-state index >= 15 is 0 Å². The van der Waals surface area contributed by atoms with E-state index in [0.29, 0.717) is 10.4 Å². The van der Waals surface area contributed by atoms with E-state index in [9.17, 15) is 13.2 Å². The highest BCUT2D eigenvalue weighted by Gasteiger charge is 2.20. The number of hydrogen-bond donors (Lipinski definition) is 1. The first-order chi connectivity index (χ1) is 13.6. The van der Waals surface area contributed by atoms with Crippen molar-refractivity contribution in [3.8, 4) is 5.75 Å². The molecule has 6 nitrogen and oxygen atoms in total. The number of nitrogens with one attached hydrogen (secondary N) is 1. The largest absolute Gasteiger partial charge is 0.492 e. The molecule has 0 saturated heterocycles. The number of aryl methyl sites for hydroxylation is 2. The van der Waals surface area contributed by atoms with Crippen molar-refractivity contribution in [3.05, 3.63) is 57.2 Å². The van der Waals surface area contributed by atoms with E-state index in [0.717, 1.165) is 22.4 Å². The lowest BCUT2D eigenvalue weighted by atomic mass is 10.1. The quantitative estimate of drug-likeness (QED) is 0.610. The van der Waals surface area contributed by atoms with Gasteiger partial charge in [-0.2, -0.15) is 0 Å². The number of benzene rings is 2. The van der Waals surface area contributed by atoms with Gasteiger partial charge in [-0.1, -0.05) is 17.4 Å². The Morgan fingerprint density at radius 1 is 1.07 bits per heavy atom. The lowest BCUT2D eigenvalue weighted by Gasteiger charge is -2.16. The van der Waals surface area contributed by atoms with Gasteiger partial charge < -0.3 is 4.74 Å². The maximum absolute atomic E-state index is 12.8. The lowest BCUT2D eigenvalue weighted by Crippen LogP contribution is -2.36. The number of sulfonamides is 1. The predicted octanol–water partition coefficient (Wildman–Crippen LogP) is 4.01. The molecule has 8 heteroatoms. The highest BCUT2D eigenvalue weighted by atomic mass is 32.2. The zero-order valence-corrected chi connectivity index (χ0v) is 18.9. The zero-order valence-electron chi connectivity index (χ0n) is 17.2. The van der Waals surface area contributed by atoms with Crippen LogP contribution in [0.2, 0.25) is 0 Å². The molecule has 1 N–H and O–H groups in total. The average Bonchev–Trinajstić information content (AvgIpc) is 2.97. The maximum atomic E-state index is 12.8. The van der Waals surface area contributed by atoms with Crippen LogP contribution in [0.1, 0.15) is 37.9 Å². The van der Waals surface area contributed by atoms with Gasteiger partial charge in [0.05, 0.1) is 21.2 Å². The summed E-state index contributed by atoms with van der Waals surface area (Å²) in [5.74, 6) is 0.709.